The summed E-state index contributed by atoms with van der Waals surface area (Å²) in [5.41, 5.74) is 0.895. The first kappa shape index (κ1) is 24.3. The summed E-state index contributed by atoms with van der Waals surface area (Å²) in [6, 6.07) is 16.7. The Balaban J connectivity index is 0.00000324. The fraction of sp³-hybridized carbons (Fsp3) is 0. The Morgan fingerprint density at radius 3 is 1.88 bits per heavy atom. The molecule has 15 heteroatoms. The van der Waals surface area contributed by atoms with E-state index in [9.17, 15) is 30.3 Å². The highest BCUT2D eigenvalue weighted by molar-refractivity contribution is 9.10. The third kappa shape index (κ3) is 4.57. The molecule has 0 fully saturated rings. The van der Waals surface area contributed by atoms with Crippen LogP contribution in [0.25, 0.3) is 0 Å². The van der Waals surface area contributed by atoms with Crippen LogP contribution in [0.4, 0.5) is 28.4 Å². The van der Waals surface area contributed by atoms with Crippen LogP contribution < -0.4 is 15.7 Å². The van der Waals surface area contributed by atoms with Crippen molar-refractivity contribution < 1.29 is 14.8 Å². The van der Waals surface area contributed by atoms with Gasteiger partial charge in [-0.2, -0.15) is 10.2 Å². The highest BCUT2D eigenvalue weighted by Crippen LogP contribution is 2.42. The zero-order valence-corrected chi connectivity index (χ0v) is 19.2. The van der Waals surface area contributed by atoms with Crippen molar-refractivity contribution in [1.29, 1.82) is 0 Å². The van der Waals surface area contributed by atoms with Gasteiger partial charge in [-0.05, 0) is 24.3 Å². The van der Waals surface area contributed by atoms with Gasteiger partial charge in [0.1, 0.15) is 0 Å². The van der Waals surface area contributed by atoms with Crippen LogP contribution in [0.15, 0.2) is 76.3 Å². The second-order valence-corrected chi connectivity index (χ2v) is 7.52. The lowest BCUT2D eigenvalue weighted by Crippen LogP contribution is -2.45. The Morgan fingerprint density at radius 1 is 0.824 bits per heavy atom. The molecule has 0 aromatic heterocycles. The Morgan fingerprint density at radius 2 is 1.38 bits per heavy atom. The summed E-state index contributed by atoms with van der Waals surface area (Å²) in [6.07, 6.45) is 0. The number of hydrazone groups is 1. The maximum atomic E-state index is 11.8. The monoisotopic (exact) mass is 549 g/mol. The van der Waals surface area contributed by atoms with Crippen LogP contribution in [0.5, 0.6) is 0 Å². The van der Waals surface area contributed by atoms with Gasteiger partial charge >= 0.3 is 11.4 Å². The number of hydrogen-bond donors (Lipinski definition) is 1. The highest BCUT2D eigenvalue weighted by atomic mass is 79.9. The van der Waals surface area contributed by atoms with Crippen LogP contribution in [-0.4, -0.2) is 20.6 Å². The van der Waals surface area contributed by atoms with Crippen molar-refractivity contribution in [1.82, 2.24) is 5.43 Å². The third-order valence-corrected chi connectivity index (χ3v) is 5.10. The molecule has 1 N–H and O–H groups in total. The van der Waals surface area contributed by atoms with Gasteiger partial charge in [0, 0.05) is 10.0 Å². The average Bonchev–Trinajstić information content (AvgIpc) is 3.24. The fourth-order valence-corrected chi connectivity index (χ4v) is 3.38. The number of rotatable bonds is 6. The maximum absolute atomic E-state index is 11.8. The largest absolute Gasteiger partial charge is 0.310 e. The van der Waals surface area contributed by atoms with Crippen LogP contribution in [0, 0.1) is 30.3 Å². The topological polar surface area (TPSA) is 160 Å². The van der Waals surface area contributed by atoms with Crippen molar-refractivity contribution in [2.45, 2.75) is 0 Å². The minimum absolute atomic E-state index is 0. The molecule has 0 bridgehead atoms. The summed E-state index contributed by atoms with van der Waals surface area (Å²) in [5, 5.41) is 41.5. The fourth-order valence-electron chi connectivity index (χ4n) is 3.12. The predicted octanol–water partition coefficient (Wildman–Crippen LogP) is 4.70. The lowest BCUT2D eigenvalue weighted by atomic mass is 10.2. The number of halogens is 2. The number of nitrogens with zero attached hydrogens (tertiary/aromatic N) is 6. The van der Waals surface area contributed by atoms with E-state index in [0.717, 1.165) is 9.59 Å². The number of anilines is 2. The van der Waals surface area contributed by atoms with Gasteiger partial charge in [0.25, 0.3) is 5.69 Å². The van der Waals surface area contributed by atoms with Crippen molar-refractivity contribution >= 4 is 62.6 Å². The van der Waals surface area contributed by atoms with Crippen LogP contribution in [0.2, 0.25) is 0 Å². The van der Waals surface area contributed by atoms with E-state index in [4.69, 9.17) is 0 Å². The molecule has 0 aliphatic carbocycles. The number of nitrogens with one attached hydrogen (secondary N) is 1. The zero-order valence-electron chi connectivity index (χ0n) is 16.8. The second-order valence-electron chi connectivity index (χ2n) is 6.61. The Bertz CT molecular complexity index is 1270. The van der Waals surface area contributed by atoms with E-state index in [1.54, 1.807) is 54.6 Å². The first-order chi connectivity index (χ1) is 15.8. The molecule has 4 rings (SSSR count). The molecule has 1 aliphatic heterocycles. The standard InChI is InChI=1S/C19H12BrN7O6.ClH/c20-13-8-6-12(7-9-13)19-21-23(14-4-2-1-3-5-14)24(22-19)18-16(26(30)31)10-15(25(28)29)11-17(18)27(32)33;/h1-11H,(H,21,22);1H. The average molecular weight is 551 g/mol. The van der Waals surface area contributed by atoms with E-state index in [2.05, 4.69) is 26.5 Å². The molecular formula is C19H13BrClN7O6. The normalized spacial score (nSPS) is 12.4. The Kier molecular flexibility index (Phi) is 6.93. The number of para-hydroxylation sites is 1. The van der Waals surface area contributed by atoms with Gasteiger partial charge in [0.2, 0.25) is 5.69 Å². The number of amidine groups is 1. The molecular weight excluding hydrogens is 538 g/mol. The number of hydrogen-bond acceptors (Lipinski definition) is 10. The minimum Gasteiger partial charge on any atom is -0.258 e. The molecule has 0 saturated heterocycles. The van der Waals surface area contributed by atoms with Gasteiger partial charge in [-0.1, -0.05) is 46.3 Å². The molecule has 0 atom stereocenters. The number of nitro groups is 3. The lowest BCUT2D eigenvalue weighted by Gasteiger charge is -2.27. The van der Waals surface area contributed by atoms with E-state index in [1.807, 2.05) is 0 Å². The summed E-state index contributed by atoms with van der Waals surface area (Å²) in [7, 11) is 0. The SMILES string of the molecule is Cl.O=[N+]([O-])c1cc([N+](=O)[O-])c(N2NC(c3ccc(Br)cc3)=NN2c2ccccc2)c([N+](=O)[O-])c1. The molecule has 3 aromatic carbocycles. The zero-order chi connectivity index (χ0) is 23.7. The van der Waals surface area contributed by atoms with Crippen molar-refractivity contribution in [2.24, 2.45) is 5.10 Å². The molecule has 3 aromatic rings. The van der Waals surface area contributed by atoms with Crippen LogP contribution >= 0.6 is 28.3 Å². The molecule has 0 radical (unpaired) electrons. The summed E-state index contributed by atoms with van der Waals surface area (Å²) in [4.78, 5) is 32.1. The van der Waals surface area contributed by atoms with Gasteiger partial charge < -0.3 is 0 Å². The molecule has 34 heavy (non-hydrogen) atoms. The number of non-ortho nitro benzene ring substituents is 1. The molecule has 13 nitrogen and oxygen atoms in total. The smallest absolute Gasteiger partial charge is 0.258 e. The van der Waals surface area contributed by atoms with Gasteiger partial charge in [-0.15, -0.1) is 17.5 Å². The molecule has 0 saturated carbocycles. The maximum Gasteiger partial charge on any atom is 0.310 e. The first-order valence-electron chi connectivity index (χ1n) is 9.14. The number of benzene rings is 3. The number of nitro benzene ring substituents is 3. The summed E-state index contributed by atoms with van der Waals surface area (Å²) >= 11 is 3.33. The summed E-state index contributed by atoms with van der Waals surface area (Å²) in [5.74, 6) is 0.244. The predicted molar refractivity (Wildman–Crippen MR) is 129 cm³/mol. The van der Waals surface area contributed by atoms with Gasteiger partial charge in [0.05, 0.1) is 32.6 Å². The van der Waals surface area contributed by atoms with Crippen molar-refractivity contribution in [2.75, 3.05) is 10.2 Å². The van der Waals surface area contributed by atoms with Crippen LogP contribution in [0.3, 0.4) is 0 Å². The molecule has 174 valence electrons. The van der Waals surface area contributed by atoms with Crippen molar-refractivity contribution in [3.63, 3.8) is 0 Å². The lowest BCUT2D eigenvalue weighted by molar-refractivity contribution is -0.402. The van der Waals surface area contributed by atoms with Crippen molar-refractivity contribution in [3.8, 4) is 0 Å². The molecule has 1 aliphatic rings. The van der Waals surface area contributed by atoms with Crippen LogP contribution in [-0.2, 0) is 0 Å². The number of hydrazine groups is 2. The summed E-state index contributed by atoms with van der Waals surface area (Å²) in [6.45, 7) is 0. The first-order valence-corrected chi connectivity index (χ1v) is 9.93. The van der Waals surface area contributed by atoms with Gasteiger partial charge in [-0.3, -0.25) is 35.8 Å². The van der Waals surface area contributed by atoms with Gasteiger partial charge in [-0.25, -0.2) is 0 Å². The van der Waals surface area contributed by atoms with E-state index < -0.39 is 37.5 Å². The van der Waals surface area contributed by atoms with E-state index >= 15 is 0 Å². The molecule has 0 unspecified atom stereocenters. The second kappa shape index (κ2) is 9.68. The Hall–Kier alpha value is -4.30. The van der Waals surface area contributed by atoms with E-state index in [0.29, 0.717) is 23.4 Å². The Labute approximate surface area is 205 Å². The quantitative estimate of drug-likeness (QED) is 0.339. The van der Waals surface area contributed by atoms with E-state index in [1.165, 1.54) is 5.12 Å². The summed E-state index contributed by atoms with van der Waals surface area (Å²) < 4.78 is 0.809. The van der Waals surface area contributed by atoms with E-state index in [-0.39, 0.29) is 18.2 Å². The molecule has 1 heterocycles. The molecule has 0 spiro atoms. The van der Waals surface area contributed by atoms with Crippen LogP contribution in [0.1, 0.15) is 5.56 Å². The third-order valence-electron chi connectivity index (χ3n) is 4.57. The minimum atomic E-state index is -0.931. The highest BCUT2D eigenvalue weighted by Gasteiger charge is 2.40. The molecule has 0 amide bonds. The van der Waals surface area contributed by atoms with Gasteiger partial charge in [0.15, 0.2) is 5.84 Å². The van der Waals surface area contributed by atoms with Crippen molar-refractivity contribution in [3.05, 3.63) is 107 Å².